The van der Waals surface area contributed by atoms with Crippen LogP contribution >= 0.6 is 0 Å². The van der Waals surface area contributed by atoms with Gasteiger partial charge in [0.05, 0.1) is 0 Å². The molecule has 0 heterocycles. The van der Waals surface area contributed by atoms with Crippen LogP contribution in [-0.4, -0.2) is 27.8 Å². The predicted octanol–water partition coefficient (Wildman–Crippen LogP) is -1.84. The molecule has 6 nitrogen and oxygen atoms in total. The highest BCUT2D eigenvalue weighted by atomic mass is 32.2. The summed E-state index contributed by atoms with van der Waals surface area (Å²) in [6.45, 7) is 0. The molecule has 0 saturated heterocycles. The largest absolute Gasteiger partial charge is 0.374 e. The second-order valence-corrected chi connectivity index (χ2v) is 2.73. The molecule has 0 rings (SSSR count). The fourth-order valence-corrected chi connectivity index (χ4v) is 0.549. The van der Waals surface area contributed by atoms with Crippen molar-refractivity contribution in [3.63, 3.8) is 0 Å². The standard InChI is InChI=1S/C2H4N2O4S2/c3-2(10(7)8)4-1-9(5)6/h1H,(H2,3,4)(H,7,8). The van der Waals surface area contributed by atoms with Gasteiger partial charge in [-0.1, -0.05) is 0 Å². The maximum absolute atomic E-state index is 9.95. The zero-order valence-electron chi connectivity index (χ0n) is 4.59. The van der Waals surface area contributed by atoms with Crippen molar-refractivity contribution in [2.75, 3.05) is 0 Å². The van der Waals surface area contributed by atoms with Crippen LogP contribution in [0.25, 0.3) is 0 Å². The minimum atomic E-state index is -2.49. The molecule has 0 aromatic carbocycles. The Morgan fingerprint density at radius 3 is 2.30 bits per heavy atom. The predicted molar refractivity (Wildman–Crippen MR) is 37.4 cm³/mol. The van der Waals surface area contributed by atoms with Crippen LogP contribution in [0.1, 0.15) is 0 Å². The summed E-state index contributed by atoms with van der Waals surface area (Å²) in [5, 5.41) is -0.649. The van der Waals surface area contributed by atoms with Gasteiger partial charge in [0, 0.05) is 0 Å². The first-order valence-electron chi connectivity index (χ1n) is 1.89. The van der Waals surface area contributed by atoms with E-state index in [0.29, 0.717) is 5.49 Å². The normalized spacial score (nSPS) is 14.3. The molecule has 10 heavy (non-hydrogen) atoms. The third kappa shape index (κ3) is 4.18. The summed E-state index contributed by atoms with van der Waals surface area (Å²) in [5.41, 5.74) is 5.19. The highest BCUT2D eigenvalue weighted by molar-refractivity contribution is 7.95. The van der Waals surface area contributed by atoms with E-state index in [-0.39, 0.29) is 0 Å². The fourth-order valence-electron chi connectivity index (χ4n) is 0.140. The Labute approximate surface area is 60.6 Å². The molecule has 1 unspecified atom stereocenters. The van der Waals surface area contributed by atoms with Gasteiger partial charge in [0.15, 0.2) is 0 Å². The maximum Gasteiger partial charge on any atom is 0.232 e. The van der Waals surface area contributed by atoms with Crippen molar-refractivity contribution in [2.45, 2.75) is 0 Å². The van der Waals surface area contributed by atoms with Gasteiger partial charge < -0.3 is 5.73 Å². The Bertz CT molecular complexity index is 280. The summed E-state index contributed by atoms with van der Waals surface area (Å²) in [5.74, 6) is 0. The summed E-state index contributed by atoms with van der Waals surface area (Å²) in [7, 11) is -2.49. The van der Waals surface area contributed by atoms with Crippen LogP contribution in [0.15, 0.2) is 4.99 Å². The number of nitrogens with zero attached hydrogens (tertiary/aromatic N) is 1. The van der Waals surface area contributed by atoms with Crippen molar-refractivity contribution < 1.29 is 17.2 Å². The number of hydrogen-bond acceptors (Lipinski definition) is 3. The Hall–Kier alpha value is -0.730. The van der Waals surface area contributed by atoms with Gasteiger partial charge in [-0.05, 0) is 0 Å². The Morgan fingerprint density at radius 2 is 2.00 bits per heavy atom. The SMILES string of the molecule is NC(=NC=S(=O)=O)S(=O)O. The van der Waals surface area contributed by atoms with Crippen molar-refractivity contribution in [3.05, 3.63) is 0 Å². The van der Waals surface area contributed by atoms with Crippen LogP contribution in [0.2, 0.25) is 0 Å². The van der Waals surface area contributed by atoms with Crippen molar-refractivity contribution in [2.24, 2.45) is 10.7 Å². The average molecular weight is 184 g/mol. The molecular formula is C2H4N2O4S2. The molecule has 0 aliphatic carbocycles. The van der Waals surface area contributed by atoms with Crippen LogP contribution in [0.4, 0.5) is 0 Å². The van der Waals surface area contributed by atoms with Crippen molar-refractivity contribution in [3.8, 4) is 0 Å². The highest BCUT2D eigenvalue weighted by Gasteiger charge is 1.95. The average Bonchev–Trinajstić information content (AvgIpc) is 1.82. The molecule has 0 aromatic rings. The summed E-state index contributed by atoms with van der Waals surface area (Å²) >= 11 is -2.40. The molecule has 0 aliphatic heterocycles. The van der Waals surface area contributed by atoms with E-state index in [2.05, 4.69) is 4.99 Å². The fraction of sp³-hybridized carbons (Fsp3) is 0. The second kappa shape index (κ2) is 4.14. The van der Waals surface area contributed by atoms with Gasteiger partial charge in [0.2, 0.25) is 26.5 Å². The molecule has 0 bridgehead atoms. The van der Waals surface area contributed by atoms with E-state index in [1.807, 2.05) is 0 Å². The quantitative estimate of drug-likeness (QED) is 0.215. The van der Waals surface area contributed by atoms with Gasteiger partial charge in [-0.3, -0.25) is 4.55 Å². The van der Waals surface area contributed by atoms with Crippen molar-refractivity contribution in [1.82, 2.24) is 0 Å². The van der Waals surface area contributed by atoms with E-state index in [9.17, 15) is 12.6 Å². The third-order valence-corrected chi connectivity index (χ3v) is 1.19. The van der Waals surface area contributed by atoms with Crippen LogP contribution in [0.3, 0.4) is 0 Å². The van der Waals surface area contributed by atoms with E-state index >= 15 is 0 Å². The second-order valence-electron chi connectivity index (χ2n) is 1.08. The maximum atomic E-state index is 9.95. The first kappa shape index (κ1) is 9.27. The monoisotopic (exact) mass is 184 g/mol. The molecule has 0 amide bonds. The molecule has 3 N–H and O–H groups in total. The molecular weight excluding hydrogens is 180 g/mol. The van der Waals surface area contributed by atoms with Crippen molar-refractivity contribution in [1.29, 1.82) is 0 Å². The minimum Gasteiger partial charge on any atom is -0.374 e. The van der Waals surface area contributed by atoms with E-state index in [1.165, 1.54) is 0 Å². The van der Waals surface area contributed by atoms with E-state index < -0.39 is 26.5 Å². The van der Waals surface area contributed by atoms with Crippen LogP contribution in [0.5, 0.6) is 0 Å². The Morgan fingerprint density at radius 1 is 1.50 bits per heavy atom. The first-order valence-corrected chi connectivity index (χ1v) is 4.14. The molecule has 1 atom stereocenters. The van der Waals surface area contributed by atoms with Crippen molar-refractivity contribution >= 4 is 32.0 Å². The topological polar surface area (TPSA) is 110 Å². The van der Waals surface area contributed by atoms with Crippen LogP contribution in [-0.2, 0) is 21.4 Å². The molecule has 58 valence electrons. The summed E-state index contributed by atoms with van der Waals surface area (Å²) in [4.78, 5) is 2.93. The molecule has 0 saturated carbocycles. The number of rotatable bonds is 1. The molecule has 0 fully saturated rings. The van der Waals surface area contributed by atoms with Crippen LogP contribution < -0.4 is 5.73 Å². The number of aliphatic imine (C=N–C) groups is 1. The van der Waals surface area contributed by atoms with Gasteiger partial charge in [-0.2, -0.15) is 8.42 Å². The zero-order valence-corrected chi connectivity index (χ0v) is 6.22. The molecule has 0 aromatic heterocycles. The summed E-state index contributed by atoms with van der Waals surface area (Å²) in [6, 6.07) is 0. The van der Waals surface area contributed by atoms with Crippen LogP contribution in [0, 0.1) is 0 Å². The third-order valence-electron chi connectivity index (χ3n) is 0.445. The lowest BCUT2D eigenvalue weighted by Gasteiger charge is -1.84. The molecule has 8 heteroatoms. The number of hydrogen-bond donors (Lipinski definition) is 2. The smallest absolute Gasteiger partial charge is 0.232 e. The lowest BCUT2D eigenvalue weighted by Crippen LogP contribution is -2.17. The van der Waals surface area contributed by atoms with E-state index in [1.54, 1.807) is 0 Å². The lowest BCUT2D eigenvalue weighted by atomic mass is 11.2. The first-order chi connectivity index (χ1) is 4.54. The van der Waals surface area contributed by atoms with E-state index in [4.69, 9.17) is 10.3 Å². The minimum absolute atomic E-state index is 0.434. The lowest BCUT2D eigenvalue weighted by molar-refractivity contribution is 0.577. The Kier molecular flexibility index (Phi) is 3.84. The van der Waals surface area contributed by atoms with Gasteiger partial charge in [-0.25, -0.2) is 9.20 Å². The summed E-state index contributed by atoms with van der Waals surface area (Å²) in [6.07, 6.45) is 0. The van der Waals surface area contributed by atoms with E-state index in [0.717, 1.165) is 0 Å². The number of amidine groups is 1. The number of nitrogens with two attached hydrogens (primary N) is 1. The summed E-state index contributed by atoms with van der Waals surface area (Å²) < 4.78 is 37.5. The molecule has 0 aliphatic rings. The van der Waals surface area contributed by atoms with Gasteiger partial charge in [0.1, 0.15) is 5.49 Å². The van der Waals surface area contributed by atoms with Gasteiger partial charge >= 0.3 is 0 Å². The highest BCUT2D eigenvalue weighted by Crippen LogP contribution is 1.71. The van der Waals surface area contributed by atoms with Gasteiger partial charge in [0.25, 0.3) is 0 Å². The Balaban J connectivity index is 4.50. The zero-order chi connectivity index (χ0) is 8.15. The van der Waals surface area contributed by atoms with Gasteiger partial charge in [-0.15, -0.1) is 0 Å². The molecule has 0 spiro atoms. The molecule has 0 radical (unpaired) electrons.